The van der Waals surface area contributed by atoms with Gasteiger partial charge in [0.25, 0.3) is 0 Å². The van der Waals surface area contributed by atoms with E-state index in [4.69, 9.17) is 14.2 Å². The Hall–Kier alpha value is -5.09. The smallest absolute Gasteiger partial charge is 0.182 e. The third-order valence-corrected chi connectivity index (χ3v) is 7.53. The summed E-state index contributed by atoms with van der Waals surface area (Å²) in [5, 5.41) is 63.8. The van der Waals surface area contributed by atoms with E-state index in [1.807, 2.05) is 0 Å². The Kier molecular flexibility index (Phi) is 6.27. The molecule has 0 saturated heterocycles. The topological polar surface area (TPSA) is 166 Å². The van der Waals surface area contributed by atoms with E-state index in [2.05, 4.69) is 0 Å². The van der Waals surface area contributed by atoms with Crippen molar-refractivity contribution >= 4 is 5.78 Å². The SMILES string of the molecule is COc1ccc([C@@H]2Oc3cc(O)cc(O)c3C(=O)[C@@H]2c2c(O)cc3c(c2O)C[C@H](O)[C@H](c2ccc(O)cc2)O3)cc1. The molecule has 4 atom stereocenters. The first-order chi connectivity index (χ1) is 19.7. The Balaban J connectivity index is 1.47. The van der Waals surface area contributed by atoms with Gasteiger partial charge in [0.1, 0.15) is 63.8 Å². The molecule has 0 aliphatic carbocycles. The van der Waals surface area contributed by atoms with Crippen LogP contribution in [0.5, 0.6) is 46.0 Å². The Morgan fingerprint density at radius 3 is 2.07 bits per heavy atom. The number of rotatable bonds is 4. The number of carbonyl (C=O) groups excluding carboxylic acids is 1. The number of ketones is 1. The van der Waals surface area contributed by atoms with Gasteiger partial charge in [-0.05, 0) is 35.4 Å². The third kappa shape index (κ3) is 4.38. The molecule has 0 aromatic heterocycles. The molecule has 4 aromatic rings. The first-order valence-corrected chi connectivity index (χ1v) is 12.8. The van der Waals surface area contributed by atoms with Gasteiger partial charge in [-0.15, -0.1) is 0 Å². The van der Waals surface area contributed by atoms with E-state index >= 15 is 0 Å². The zero-order chi connectivity index (χ0) is 29.0. The van der Waals surface area contributed by atoms with Crippen molar-refractivity contribution in [1.29, 1.82) is 0 Å². The molecule has 210 valence electrons. The van der Waals surface area contributed by atoms with E-state index in [1.54, 1.807) is 36.4 Å². The van der Waals surface area contributed by atoms with Gasteiger partial charge in [-0.1, -0.05) is 24.3 Å². The van der Waals surface area contributed by atoms with Gasteiger partial charge in [-0.25, -0.2) is 0 Å². The van der Waals surface area contributed by atoms with Gasteiger partial charge in [-0.3, -0.25) is 4.79 Å². The van der Waals surface area contributed by atoms with E-state index in [0.29, 0.717) is 16.9 Å². The van der Waals surface area contributed by atoms with Gasteiger partial charge >= 0.3 is 0 Å². The van der Waals surface area contributed by atoms with Crippen LogP contribution < -0.4 is 14.2 Å². The Morgan fingerprint density at radius 2 is 1.39 bits per heavy atom. The predicted octanol–water partition coefficient (Wildman–Crippen LogP) is 4.36. The maximum atomic E-state index is 14.0. The third-order valence-electron chi connectivity index (χ3n) is 7.53. The number of aliphatic hydroxyl groups excluding tert-OH is 1. The molecule has 6 rings (SSSR count). The summed E-state index contributed by atoms with van der Waals surface area (Å²) in [4.78, 5) is 14.0. The fourth-order valence-corrected chi connectivity index (χ4v) is 5.55. The summed E-state index contributed by atoms with van der Waals surface area (Å²) >= 11 is 0. The molecule has 0 fully saturated rings. The van der Waals surface area contributed by atoms with Crippen LogP contribution in [-0.4, -0.2) is 49.6 Å². The largest absolute Gasteiger partial charge is 0.508 e. The van der Waals surface area contributed by atoms with Crippen molar-refractivity contribution in [2.24, 2.45) is 0 Å². The number of phenols is 5. The number of ether oxygens (including phenoxy) is 3. The summed E-state index contributed by atoms with van der Waals surface area (Å²) in [5.41, 5.74) is 0.888. The zero-order valence-corrected chi connectivity index (χ0v) is 21.7. The molecule has 0 unspecified atom stereocenters. The predicted molar refractivity (Wildman–Crippen MR) is 144 cm³/mol. The fourth-order valence-electron chi connectivity index (χ4n) is 5.55. The number of hydrogen-bond donors (Lipinski definition) is 6. The van der Waals surface area contributed by atoms with Crippen LogP contribution >= 0.6 is 0 Å². The summed E-state index contributed by atoms with van der Waals surface area (Å²) < 4.78 is 17.4. The maximum Gasteiger partial charge on any atom is 0.182 e. The Bertz CT molecular complexity index is 1650. The van der Waals surface area contributed by atoms with Crippen LogP contribution in [0, 0.1) is 0 Å². The van der Waals surface area contributed by atoms with Crippen LogP contribution in [-0.2, 0) is 6.42 Å². The first-order valence-electron chi connectivity index (χ1n) is 12.8. The van der Waals surface area contributed by atoms with Gasteiger partial charge in [0.15, 0.2) is 5.78 Å². The summed E-state index contributed by atoms with van der Waals surface area (Å²) in [6.45, 7) is 0. The van der Waals surface area contributed by atoms with Crippen molar-refractivity contribution in [3.63, 3.8) is 0 Å². The van der Waals surface area contributed by atoms with E-state index < -0.39 is 47.3 Å². The van der Waals surface area contributed by atoms with Crippen LogP contribution in [0.4, 0.5) is 0 Å². The van der Waals surface area contributed by atoms with Gasteiger partial charge in [0, 0.05) is 30.2 Å². The summed E-state index contributed by atoms with van der Waals surface area (Å²) in [6.07, 6.45) is -3.09. The van der Waals surface area contributed by atoms with Crippen LogP contribution in [0.2, 0.25) is 0 Å². The molecule has 10 heteroatoms. The van der Waals surface area contributed by atoms with Crippen molar-refractivity contribution in [3.05, 3.63) is 94.5 Å². The number of phenolic OH excluding ortho intramolecular Hbond substituents is 5. The molecule has 0 amide bonds. The number of methoxy groups -OCH3 is 1. The van der Waals surface area contributed by atoms with Gasteiger partial charge in [0.05, 0.1) is 24.7 Å². The molecule has 0 radical (unpaired) electrons. The Morgan fingerprint density at radius 1 is 0.756 bits per heavy atom. The minimum absolute atomic E-state index is 0.0491. The van der Waals surface area contributed by atoms with Crippen molar-refractivity contribution in [3.8, 4) is 46.0 Å². The summed E-state index contributed by atoms with van der Waals surface area (Å²) in [7, 11) is 1.51. The molecule has 10 nitrogen and oxygen atoms in total. The number of aromatic hydroxyl groups is 5. The lowest BCUT2D eigenvalue weighted by Crippen LogP contribution is -2.32. The number of fused-ring (bicyclic) bond motifs is 2. The molecule has 6 N–H and O–H groups in total. The zero-order valence-electron chi connectivity index (χ0n) is 21.7. The molecular weight excluding hydrogens is 532 g/mol. The standard InChI is InChI=1S/C31H26O10/c1-39-18-8-4-15(5-9-18)31-27(29(38)25-20(34)10-17(33)11-24(25)41-31)26-21(35)13-23-19(28(26)37)12-22(36)30(40-23)14-2-6-16(32)7-3-14/h2-11,13,22,27,30-37H,12H2,1H3/t22-,27-,30-,31-/m0/s1. The van der Waals surface area contributed by atoms with Crippen molar-refractivity contribution < 1.29 is 49.6 Å². The van der Waals surface area contributed by atoms with E-state index in [1.165, 1.54) is 31.4 Å². The average molecular weight is 559 g/mol. The number of aliphatic hydroxyl groups is 1. The number of carbonyl (C=O) groups is 1. The molecular formula is C31H26O10. The summed E-state index contributed by atoms with van der Waals surface area (Å²) in [6, 6.07) is 16.3. The molecule has 2 aliphatic heterocycles. The Labute approximate surface area is 233 Å². The molecule has 41 heavy (non-hydrogen) atoms. The lowest BCUT2D eigenvalue weighted by Gasteiger charge is -2.36. The molecule has 2 aliphatic rings. The highest BCUT2D eigenvalue weighted by Gasteiger charge is 2.45. The minimum Gasteiger partial charge on any atom is -0.508 e. The highest BCUT2D eigenvalue weighted by molar-refractivity contribution is 6.07. The second-order valence-corrected chi connectivity index (χ2v) is 10.0. The van der Waals surface area contributed by atoms with Gasteiger partial charge < -0.3 is 44.8 Å². The lowest BCUT2D eigenvalue weighted by molar-refractivity contribution is 0.0196. The van der Waals surface area contributed by atoms with Crippen molar-refractivity contribution in [2.45, 2.75) is 30.7 Å². The van der Waals surface area contributed by atoms with Gasteiger partial charge in [0.2, 0.25) is 0 Å². The summed E-state index contributed by atoms with van der Waals surface area (Å²) in [5.74, 6) is -3.06. The highest BCUT2D eigenvalue weighted by Crippen LogP contribution is 2.54. The molecule has 0 bridgehead atoms. The van der Waals surface area contributed by atoms with E-state index in [-0.39, 0.29) is 46.1 Å². The monoisotopic (exact) mass is 558 g/mol. The highest BCUT2D eigenvalue weighted by atomic mass is 16.5. The lowest BCUT2D eigenvalue weighted by atomic mass is 9.78. The second-order valence-electron chi connectivity index (χ2n) is 10.0. The normalized spacial score (nSPS) is 21.3. The molecule has 0 spiro atoms. The van der Waals surface area contributed by atoms with E-state index in [9.17, 15) is 35.4 Å². The quantitative estimate of drug-likeness (QED) is 0.212. The minimum atomic E-state index is -1.33. The van der Waals surface area contributed by atoms with Crippen LogP contribution in [0.25, 0.3) is 0 Å². The fraction of sp³-hybridized carbons (Fsp3) is 0.194. The van der Waals surface area contributed by atoms with Crippen molar-refractivity contribution in [2.75, 3.05) is 7.11 Å². The average Bonchev–Trinajstić information content (AvgIpc) is 2.94. The number of Topliss-reactive ketones (excluding diaryl/α,β-unsaturated/α-hetero) is 1. The number of hydrogen-bond acceptors (Lipinski definition) is 10. The van der Waals surface area contributed by atoms with E-state index in [0.717, 1.165) is 6.07 Å². The van der Waals surface area contributed by atoms with Crippen LogP contribution in [0.3, 0.4) is 0 Å². The number of benzene rings is 4. The van der Waals surface area contributed by atoms with Gasteiger partial charge in [-0.2, -0.15) is 0 Å². The second kappa shape index (κ2) is 9.83. The van der Waals surface area contributed by atoms with Crippen LogP contribution in [0.1, 0.15) is 50.7 Å². The molecule has 2 heterocycles. The van der Waals surface area contributed by atoms with Crippen molar-refractivity contribution in [1.82, 2.24) is 0 Å². The maximum absolute atomic E-state index is 14.0. The molecule has 4 aromatic carbocycles. The molecule has 0 saturated carbocycles. The first kappa shape index (κ1) is 26.1. The van der Waals surface area contributed by atoms with Crippen LogP contribution in [0.15, 0.2) is 66.7 Å².